The van der Waals surface area contributed by atoms with E-state index >= 15 is 0 Å². The van der Waals surface area contributed by atoms with Crippen LogP contribution in [0.3, 0.4) is 0 Å². The van der Waals surface area contributed by atoms with E-state index in [4.69, 9.17) is 14.2 Å². The summed E-state index contributed by atoms with van der Waals surface area (Å²) < 4.78 is 15.9. The van der Waals surface area contributed by atoms with Crippen molar-refractivity contribution in [1.82, 2.24) is 4.90 Å². The number of amides is 1. The largest absolute Gasteiger partial charge is 0.492 e. The lowest BCUT2D eigenvalue weighted by molar-refractivity contribution is 0.168. The van der Waals surface area contributed by atoms with Crippen molar-refractivity contribution in [2.75, 3.05) is 40.8 Å². The Morgan fingerprint density at radius 1 is 1.11 bits per heavy atom. The molecule has 0 saturated heterocycles. The molecule has 0 bridgehead atoms. The fraction of sp³-hybridized carbons (Fsp3) is 0.462. The monoisotopic (exact) mass is 286 g/mol. The lowest BCUT2D eigenvalue weighted by Gasteiger charge is -2.16. The van der Waals surface area contributed by atoms with Gasteiger partial charge in [0.25, 0.3) is 0 Å². The Balaban J connectivity index is 3.24. The van der Waals surface area contributed by atoms with Crippen molar-refractivity contribution in [3.05, 3.63) is 12.1 Å². The van der Waals surface area contributed by atoms with Crippen LogP contribution in [-0.4, -0.2) is 51.8 Å². The Kier molecular flexibility index (Phi) is 5.35. The molecule has 0 spiro atoms. The SMILES string of the molecule is COc1cc([S+](C)C)cc(OC)c1OC(=O)N(C)C. The Labute approximate surface area is 116 Å². The second-order valence-corrected chi connectivity index (χ2v) is 6.34. The van der Waals surface area contributed by atoms with Crippen LogP contribution >= 0.6 is 0 Å². The van der Waals surface area contributed by atoms with E-state index in [-0.39, 0.29) is 10.9 Å². The highest BCUT2D eigenvalue weighted by molar-refractivity contribution is 7.95. The van der Waals surface area contributed by atoms with Gasteiger partial charge in [-0.2, -0.15) is 0 Å². The van der Waals surface area contributed by atoms with Gasteiger partial charge in [-0.25, -0.2) is 4.79 Å². The maximum atomic E-state index is 11.7. The first-order chi connectivity index (χ1) is 8.90. The van der Waals surface area contributed by atoms with Gasteiger partial charge in [0, 0.05) is 37.1 Å². The quantitative estimate of drug-likeness (QED) is 0.794. The minimum atomic E-state index is -0.476. The maximum Gasteiger partial charge on any atom is 0.414 e. The molecule has 106 valence electrons. The molecule has 0 heterocycles. The van der Waals surface area contributed by atoms with E-state index in [2.05, 4.69) is 12.5 Å². The third-order valence-corrected chi connectivity index (χ3v) is 3.64. The van der Waals surface area contributed by atoms with Gasteiger partial charge in [0.15, 0.2) is 16.4 Å². The van der Waals surface area contributed by atoms with Crippen LogP contribution in [0.15, 0.2) is 17.0 Å². The number of benzene rings is 1. The minimum absolute atomic E-state index is 0.0566. The number of nitrogens with zero attached hydrogens (tertiary/aromatic N) is 1. The third-order valence-electron chi connectivity index (χ3n) is 2.46. The number of hydrogen-bond acceptors (Lipinski definition) is 4. The average Bonchev–Trinajstić information content (AvgIpc) is 2.38. The maximum absolute atomic E-state index is 11.7. The molecule has 0 aliphatic rings. The Morgan fingerprint density at radius 3 is 1.89 bits per heavy atom. The van der Waals surface area contributed by atoms with E-state index in [0.29, 0.717) is 17.2 Å². The van der Waals surface area contributed by atoms with Crippen molar-refractivity contribution >= 4 is 17.0 Å². The van der Waals surface area contributed by atoms with Crippen LogP contribution < -0.4 is 14.2 Å². The van der Waals surface area contributed by atoms with Gasteiger partial charge in [-0.05, 0) is 0 Å². The molecular formula is C13H20NO4S+. The van der Waals surface area contributed by atoms with Gasteiger partial charge in [-0.3, -0.25) is 0 Å². The summed E-state index contributed by atoms with van der Waals surface area (Å²) >= 11 is 0. The molecule has 0 aromatic heterocycles. The molecule has 5 nitrogen and oxygen atoms in total. The zero-order chi connectivity index (χ0) is 14.6. The lowest BCUT2D eigenvalue weighted by atomic mass is 10.3. The Hall–Kier alpha value is -1.56. The van der Waals surface area contributed by atoms with Crippen molar-refractivity contribution in [2.24, 2.45) is 0 Å². The minimum Gasteiger partial charge on any atom is -0.492 e. The van der Waals surface area contributed by atoms with Gasteiger partial charge in [0.1, 0.15) is 12.5 Å². The van der Waals surface area contributed by atoms with E-state index in [1.807, 2.05) is 12.1 Å². The number of hydrogen-bond donors (Lipinski definition) is 0. The average molecular weight is 286 g/mol. The van der Waals surface area contributed by atoms with Gasteiger partial charge >= 0.3 is 6.09 Å². The molecule has 19 heavy (non-hydrogen) atoms. The number of ether oxygens (including phenoxy) is 3. The van der Waals surface area contributed by atoms with E-state index in [9.17, 15) is 4.79 Å². The summed E-state index contributed by atoms with van der Waals surface area (Å²) in [6.07, 6.45) is 3.72. The van der Waals surface area contributed by atoms with Crippen LogP contribution in [-0.2, 0) is 10.9 Å². The summed E-state index contributed by atoms with van der Waals surface area (Å²) in [6, 6.07) is 3.73. The van der Waals surface area contributed by atoms with Crippen LogP contribution in [0.5, 0.6) is 17.2 Å². The second kappa shape index (κ2) is 6.56. The molecule has 0 fully saturated rings. The molecule has 1 aromatic rings. The van der Waals surface area contributed by atoms with Gasteiger partial charge < -0.3 is 19.1 Å². The van der Waals surface area contributed by atoms with E-state index in [1.165, 1.54) is 19.1 Å². The first-order valence-electron chi connectivity index (χ1n) is 5.63. The predicted octanol–water partition coefficient (Wildman–Crippen LogP) is 2.00. The number of carbonyl (C=O) groups excluding carboxylic acids is 1. The molecule has 1 amide bonds. The molecule has 0 aliphatic heterocycles. The van der Waals surface area contributed by atoms with Gasteiger partial charge in [0.2, 0.25) is 5.75 Å². The van der Waals surface area contributed by atoms with Gasteiger partial charge in [-0.15, -0.1) is 0 Å². The van der Waals surface area contributed by atoms with Crippen LogP contribution in [0, 0.1) is 0 Å². The van der Waals surface area contributed by atoms with Crippen molar-refractivity contribution in [2.45, 2.75) is 4.90 Å². The van der Waals surface area contributed by atoms with Crippen LogP contribution in [0.2, 0.25) is 0 Å². The highest BCUT2D eigenvalue weighted by Crippen LogP contribution is 2.40. The fourth-order valence-electron chi connectivity index (χ4n) is 1.37. The first-order valence-corrected chi connectivity index (χ1v) is 7.67. The predicted molar refractivity (Wildman–Crippen MR) is 76.7 cm³/mol. The highest BCUT2D eigenvalue weighted by Gasteiger charge is 2.22. The zero-order valence-corrected chi connectivity index (χ0v) is 13.0. The molecule has 0 radical (unpaired) electrons. The second-order valence-electron chi connectivity index (χ2n) is 4.24. The van der Waals surface area contributed by atoms with E-state index in [1.54, 1.807) is 14.1 Å². The van der Waals surface area contributed by atoms with E-state index < -0.39 is 6.09 Å². The summed E-state index contributed by atoms with van der Waals surface area (Å²) in [7, 11) is 6.36. The summed E-state index contributed by atoms with van der Waals surface area (Å²) in [5, 5.41) is 0. The van der Waals surface area contributed by atoms with Gasteiger partial charge in [0.05, 0.1) is 14.2 Å². The summed E-state index contributed by atoms with van der Waals surface area (Å²) in [5.41, 5.74) is 0. The Morgan fingerprint density at radius 2 is 1.58 bits per heavy atom. The van der Waals surface area contributed by atoms with Crippen molar-refractivity contribution in [1.29, 1.82) is 0 Å². The topological polar surface area (TPSA) is 48.0 Å². The molecule has 6 heteroatoms. The molecular weight excluding hydrogens is 266 g/mol. The van der Waals surface area contributed by atoms with Crippen molar-refractivity contribution in [3.63, 3.8) is 0 Å². The zero-order valence-electron chi connectivity index (χ0n) is 12.1. The normalized spacial score (nSPS) is 10.3. The van der Waals surface area contributed by atoms with Crippen LogP contribution in [0.1, 0.15) is 0 Å². The smallest absolute Gasteiger partial charge is 0.414 e. The third kappa shape index (κ3) is 3.70. The molecule has 0 saturated carbocycles. The van der Waals surface area contributed by atoms with Gasteiger partial charge in [-0.1, -0.05) is 0 Å². The molecule has 0 unspecified atom stereocenters. The number of rotatable bonds is 4. The Bertz CT molecular complexity index is 435. The molecule has 0 aliphatic carbocycles. The molecule has 0 N–H and O–H groups in total. The van der Waals surface area contributed by atoms with Crippen LogP contribution in [0.25, 0.3) is 0 Å². The van der Waals surface area contributed by atoms with Crippen molar-refractivity contribution in [3.8, 4) is 17.2 Å². The molecule has 1 rings (SSSR count). The summed E-state index contributed by atoms with van der Waals surface area (Å²) in [5.74, 6) is 1.29. The first kappa shape index (κ1) is 15.5. The number of methoxy groups -OCH3 is 2. The summed E-state index contributed by atoms with van der Waals surface area (Å²) in [6.45, 7) is 0. The molecule has 0 atom stereocenters. The van der Waals surface area contributed by atoms with Crippen LogP contribution in [0.4, 0.5) is 4.79 Å². The standard InChI is InChI=1S/C13H20NO4S/c1-14(2)13(15)18-12-10(16-3)7-9(19(5)6)8-11(12)17-4/h7-8H,1-6H3/q+1. The van der Waals surface area contributed by atoms with E-state index in [0.717, 1.165) is 4.90 Å². The highest BCUT2D eigenvalue weighted by atomic mass is 32.2. The molecule has 1 aromatic carbocycles. The van der Waals surface area contributed by atoms with Crippen molar-refractivity contribution < 1.29 is 19.0 Å². The fourth-order valence-corrected chi connectivity index (χ4v) is 2.06. The lowest BCUT2D eigenvalue weighted by Crippen LogP contribution is -2.25. The summed E-state index contributed by atoms with van der Waals surface area (Å²) in [4.78, 5) is 14.1. The number of carbonyl (C=O) groups is 1.